The Bertz CT molecular complexity index is 1190. The van der Waals surface area contributed by atoms with Crippen molar-refractivity contribution in [2.75, 3.05) is 4.90 Å². The molecule has 156 valence electrons. The van der Waals surface area contributed by atoms with E-state index in [1.165, 1.54) is 4.90 Å². The molecule has 0 spiro atoms. The van der Waals surface area contributed by atoms with Gasteiger partial charge in [0.1, 0.15) is 5.57 Å². The van der Waals surface area contributed by atoms with E-state index >= 15 is 0 Å². The predicted octanol–water partition coefficient (Wildman–Crippen LogP) is 5.09. The van der Waals surface area contributed by atoms with Crippen molar-refractivity contribution in [3.05, 3.63) is 88.7 Å². The highest BCUT2D eigenvalue weighted by Crippen LogP contribution is 2.25. The number of rotatable bonds is 4. The SMILES string of the molecule is CC(C)c1ccc(N2C(=O)/C(=C/c3cccn3-c3ccc(Cl)cc3)C(=O)NC2=S)cc1. The lowest BCUT2D eigenvalue weighted by molar-refractivity contribution is -0.122. The topological polar surface area (TPSA) is 54.3 Å². The van der Waals surface area contributed by atoms with Gasteiger partial charge in [-0.25, -0.2) is 0 Å². The molecule has 1 N–H and O–H groups in total. The van der Waals surface area contributed by atoms with Crippen LogP contribution in [0.15, 0.2) is 72.4 Å². The van der Waals surface area contributed by atoms with E-state index in [0.29, 0.717) is 22.3 Å². The van der Waals surface area contributed by atoms with Gasteiger partial charge in [0.15, 0.2) is 5.11 Å². The van der Waals surface area contributed by atoms with Crippen LogP contribution in [0.4, 0.5) is 5.69 Å². The molecule has 1 fully saturated rings. The Hall–Kier alpha value is -3.22. The number of hydrogen-bond acceptors (Lipinski definition) is 3. The minimum absolute atomic E-state index is 0.00968. The van der Waals surface area contributed by atoms with Crippen LogP contribution < -0.4 is 10.2 Å². The quantitative estimate of drug-likeness (QED) is 0.343. The summed E-state index contributed by atoms with van der Waals surface area (Å²) in [6.45, 7) is 4.20. The third-order valence-corrected chi connectivity index (χ3v) is 5.63. The molecular weight excluding hydrogens is 430 g/mol. The first-order valence-electron chi connectivity index (χ1n) is 9.80. The Balaban J connectivity index is 1.70. The summed E-state index contributed by atoms with van der Waals surface area (Å²) in [6.07, 6.45) is 3.43. The normalized spacial score (nSPS) is 15.7. The molecular formula is C24H20ClN3O2S. The zero-order valence-electron chi connectivity index (χ0n) is 17.0. The molecule has 0 radical (unpaired) electrons. The molecule has 1 aromatic heterocycles. The summed E-state index contributed by atoms with van der Waals surface area (Å²) in [6, 6.07) is 18.6. The maximum absolute atomic E-state index is 13.3. The minimum atomic E-state index is -0.520. The fraction of sp³-hybridized carbons (Fsp3) is 0.125. The maximum atomic E-state index is 13.3. The summed E-state index contributed by atoms with van der Waals surface area (Å²) in [5.74, 6) is -0.613. The van der Waals surface area contributed by atoms with E-state index in [2.05, 4.69) is 19.2 Å². The average Bonchev–Trinajstić information content (AvgIpc) is 3.20. The third kappa shape index (κ3) is 4.17. The van der Waals surface area contributed by atoms with Crippen molar-refractivity contribution >= 4 is 52.5 Å². The summed E-state index contributed by atoms with van der Waals surface area (Å²) in [7, 11) is 0. The Kier molecular flexibility index (Phi) is 5.76. The van der Waals surface area contributed by atoms with Gasteiger partial charge in [-0.2, -0.15) is 0 Å². The zero-order chi connectivity index (χ0) is 22.1. The smallest absolute Gasteiger partial charge is 0.270 e. The Morgan fingerprint density at radius 1 is 0.968 bits per heavy atom. The first kappa shape index (κ1) is 21.0. The molecule has 0 saturated carbocycles. The lowest BCUT2D eigenvalue weighted by Crippen LogP contribution is -2.54. The lowest BCUT2D eigenvalue weighted by atomic mass is 10.0. The van der Waals surface area contributed by atoms with Gasteiger partial charge in [-0.15, -0.1) is 0 Å². The second kappa shape index (κ2) is 8.49. The fourth-order valence-electron chi connectivity index (χ4n) is 3.40. The van der Waals surface area contributed by atoms with Gasteiger partial charge in [0.25, 0.3) is 11.8 Å². The molecule has 5 nitrogen and oxygen atoms in total. The molecule has 4 rings (SSSR count). The summed E-state index contributed by atoms with van der Waals surface area (Å²) in [4.78, 5) is 27.2. The van der Waals surface area contributed by atoms with Crippen molar-refractivity contribution in [3.63, 3.8) is 0 Å². The number of hydrogen-bond donors (Lipinski definition) is 1. The number of halogens is 1. The van der Waals surface area contributed by atoms with Gasteiger partial charge in [-0.05, 0) is 78.3 Å². The molecule has 1 saturated heterocycles. The fourth-order valence-corrected chi connectivity index (χ4v) is 3.80. The monoisotopic (exact) mass is 449 g/mol. The van der Waals surface area contributed by atoms with Crippen LogP contribution in [0.5, 0.6) is 0 Å². The second-order valence-corrected chi connectivity index (χ2v) is 8.31. The van der Waals surface area contributed by atoms with Gasteiger partial charge in [-0.3, -0.25) is 19.8 Å². The van der Waals surface area contributed by atoms with Gasteiger partial charge in [0.2, 0.25) is 0 Å². The van der Waals surface area contributed by atoms with E-state index in [9.17, 15) is 9.59 Å². The molecule has 3 aromatic rings. The largest absolute Gasteiger partial charge is 0.317 e. The van der Waals surface area contributed by atoms with Gasteiger partial charge in [-0.1, -0.05) is 37.6 Å². The molecule has 31 heavy (non-hydrogen) atoms. The summed E-state index contributed by atoms with van der Waals surface area (Å²) >= 11 is 11.3. The van der Waals surface area contributed by atoms with Crippen LogP contribution in [-0.2, 0) is 9.59 Å². The molecule has 0 atom stereocenters. The maximum Gasteiger partial charge on any atom is 0.270 e. The van der Waals surface area contributed by atoms with Crippen molar-refractivity contribution < 1.29 is 9.59 Å². The van der Waals surface area contributed by atoms with E-state index in [1.54, 1.807) is 18.2 Å². The summed E-state index contributed by atoms with van der Waals surface area (Å²) < 4.78 is 1.87. The summed E-state index contributed by atoms with van der Waals surface area (Å²) in [5, 5.41) is 3.32. The number of carbonyl (C=O) groups is 2. The Morgan fingerprint density at radius 3 is 2.26 bits per heavy atom. The minimum Gasteiger partial charge on any atom is -0.317 e. The van der Waals surface area contributed by atoms with Crippen molar-refractivity contribution in [1.29, 1.82) is 0 Å². The number of aromatic nitrogens is 1. The third-order valence-electron chi connectivity index (χ3n) is 5.10. The second-order valence-electron chi connectivity index (χ2n) is 7.48. The molecule has 0 bridgehead atoms. The van der Waals surface area contributed by atoms with Crippen molar-refractivity contribution in [2.24, 2.45) is 0 Å². The highest BCUT2D eigenvalue weighted by Gasteiger charge is 2.34. The van der Waals surface area contributed by atoms with Gasteiger partial charge in [0.05, 0.1) is 5.69 Å². The molecule has 1 aliphatic heterocycles. The first-order chi connectivity index (χ1) is 14.8. The number of nitrogens with one attached hydrogen (secondary N) is 1. The number of thiocarbonyl (C=S) groups is 1. The van der Waals surface area contributed by atoms with Crippen LogP contribution in [0.25, 0.3) is 11.8 Å². The Morgan fingerprint density at radius 2 is 1.61 bits per heavy atom. The van der Waals surface area contributed by atoms with Gasteiger partial charge >= 0.3 is 0 Å². The van der Waals surface area contributed by atoms with Gasteiger partial charge in [0, 0.05) is 22.6 Å². The van der Waals surface area contributed by atoms with Crippen LogP contribution >= 0.6 is 23.8 Å². The average molecular weight is 450 g/mol. The van der Waals surface area contributed by atoms with Crippen molar-refractivity contribution in [2.45, 2.75) is 19.8 Å². The van der Waals surface area contributed by atoms with Gasteiger partial charge < -0.3 is 4.57 Å². The molecule has 2 aromatic carbocycles. The van der Waals surface area contributed by atoms with Crippen LogP contribution in [0.3, 0.4) is 0 Å². The predicted molar refractivity (Wildman–Crippen MR) is 128 cm³/mol. The molecule has 1 aliphatic rings. The summed E-state index contributed by atoms with van der Waals surface area (Å²) in [5.41, 5.74) is 3.32. The number of amides is 2. The zero-order valence-corrected chi connectivity index (χ0v) is 18.6. The van der Waals surface area contributed by atoms with Crippen LogP contribution in [-0.4, -0.2) is 21.5 Å². The van der Waals surface area contributed by atoms with E-state index in [-0.39, 0.29) is 10.7 Å². The Labute approximate surface area is 190 Å². The van der Waals surface area contributed by atoms with E-state index in [1.807, 2.05) is 59.3 Å². The highest BCUT2D eigenvalue weighted by atomic mass is 35.5. The van der Waals surface area contributed by atoms with E-state index < -0.39 is 11.8 Å². The molecule has 0 aliphatic carbocycles. The van der Waals surface area contributed by atoms with E-state index in [4.69, 9.17) is 23.8 Å². The number of carbonyl (C=O) groups excluding carboxylic acids is 2. The number of anilines is 1. The number of benzene rings is 2. The molecule has 2 heterocycles. The molecule has 2 amide bonds. The van der Waals surface area contributed by atoms with Crippen LogP contribution in [0.1, 0.15) is 31.0 Å². The van der Waals surface area contributed by atoms with Crippen LogP contribution in [0, 0.1) is 0 Å². The first-order valence-corrected chi connectivity index (χ1v) is 10.6. The highest BCUT2D eigenvalue weighted by molar-refractivity contribution is 7.80. The van der Waals surface area contributed by atoms with Crippen molar-refractivity contribution in [1.82, 2.24) is 9.88 Å². The number of nitrogens with zero attached hydrogens (tertiary/aromatic N) is 2. The van der Waals surface area contributed by atoms with Crippen LogP contribution in [0.2, 0.25) is 5.02 Å². The molecule has 7 heteroatoms. The molecule has 0 unspecified atom stereocenters. The van der Waals surface area contributed by atoms with Crippen molar-refractivity contribution in [3.8, 4) is 5.69 Å². The van der Waals surface area contributed by atoms with E-state index in [0.717, 1.165) is 11.3 Å². The lowest BCUT2D eigenvalue weighted by Gasteiger charge is -2.29. The standard InChI is InChI=1S/C24H20ClN3O2S/c1-15(2)16-5-9-19(10-6-16)28-23(30)21(22(29)26-24(28)31)14-20-4-3-13-27(20)18-11-7-17(25)8-12-18/h3-15H,1-2H3,(H,26,29,31)/b21-14+.